The number of aliphatic hydroxyl groups is 1. The molecule has 0 saturated carbocycles. The van der Waals surface area contributed by atoms with Crippen molar-refractivity contribution in [2.45, 2.75) is 24.9 Å². The van der Waals surface area contributed by atoms with E-state index in [0.29, 0.717) is 0 Å². The summed E-state index contributed by atoms with van der Waals surface area (Å²) in [4.78, 5) is 0. The molecule has 1 nitrogen and oxygen atoms in total. The highest BCUT2D eigenvalue weighted by atomic mass is 16.3. The molecule has 0 saturated heterocycles. The zero-order valence-electron chi connectivity index (χ0n) is 7.56. The fourth-order valence-electron chi connectivity index (χ4n) is 1.83. The molecule has 0 heterocycles. The van der Waals surface area contributed by atoms with Crippen LogP contribution in [0, 0.1) is 0 Å². The molecular weight excluding hydrogens is 160 g/mol. The quantitative estimate of drug-likeness (QED) is 0.648. The van der Waals surface area contributed by atoms with E-state index in [-0.39, 0.29) is 12.0 Å². The summed E-state index contributed by atoms with van der Waals surface area (Å²) in [6, 6.07) is 10.2. The van der Waals surface area contributed by atoms with Gasteiger partial charge in [-0.2, -0.15) is 0 Å². The standard InChI is InChI=1S/C12H14O/c13-12-9-5-4-8-11(12)10-6-2-1-3-7-10/h1-4,6-8,11-13H,5,9H2/t11-,12-/m1/s1. The second-order valence-corrected chi connectivity index (χ2v) is 3.51. The average molecular weight is 174 g/mol. The first-order valence-corrected chi connectivity index (χ1v) is 4.77. The third-order valence-corrected chi connectivity index (χ3v) is 2.57. The molecule has 1 aromatic carbocycles. The molecule has 0 bridgehead atoms. The van der Waals surface area contributed by atoms with Crippen LogP contribution in [0.2, 0.25) is 0 Å². The van der Waals surface area contributed by atoms with Gasteiger partial charge >= 0.3 is 0 Å². The van der Waals surface area contributed by atoms with Crippen molar-refractivity contribution in [3.63, 3.8) is 0 Å². The molecule has 1 aliphatic carbocycles. The van der Waals surface area contributed by atoms with Crippen molar-refractivity contribution in [3.05, 3.63) is 48.0 Å². The monoisotopic (exact) mass is 174 g/mol. The molecule has 68 valence electrons. The van der Waals surface area contributed by atoms with E-state index in [1.165, 1.54) is 5.56 Å². The molecule has 2 atom stereocenters. The van der Waals surface area contributed by atoms with Crippen LogP contribution in [-0.4, -0.2) is 11.2 Å². The third kappa shape index (κ3) is 1.81. The first-order valence-electron chi connectivity index (χ1n) is 4.77. The van der Waals surface area contributed by atoms with Crippen LogP contribution in [0.15, 0.2) is 42.5 Å². The topological polar surface area (TPSA) is 20.2 Å². The molecule has 0 aromatic heterocycles. The van der Waals surface area contributed by atoms with Crippen molar-refractivity contribution < 1.29 is 5.11 Å². The molecule has 1 heteroatoms. The largest absolute Gasteiger partial charge is 0.392 e. The zero-order chi connectivity index (χ0) is 9.10. The van der Waals surface area contributed by atoms with Gasteiger partial charge in [-0.05, 0) is 18.4 Å². The van der Waals surface area contributed by atoms with Gasteiger partial charge in [0.25, 0.3) is 0 Å². The summed E-state index contributed by atoms with van der Waals surface area (Å²) < 4.78 is 0. The minimum atomic E-state index is -0.201. The molecule has 2 rings (SSSR count). The SMILES string of the molecule is O[C@@H]1CCC=C[C@@H]1c1ccccc1. The van der Waals surface area contributed by atoms with E-state index >= 15 is 0 Å². The molecule has 1 N–H and O–H groups in total. The number of rotatable bonds is 1. The van der Waals surface area contributed by atoms with Crippen LogP contribution in [0.5, 0.6) is 0 Å². The van der Waals surface area contributed by atoms with Crippen LogP contribution in [0.4, 0.5) is 0 Å². The Morgan fingerprint density at radius 1 is 1.15 bits per heavy atom. The van der Waals surface area contributed by atoms with E-state index in [4.69, 9.17) is 0 Å². The maximum absolute atomic E-state index is 9.77. The van der Waals surface area contributed by atoms with Gasteiger partial charge < -0.3 is 5.11 Å². The highest BCUT2D eigenvalue weighted by Crippen LogP contribution is 2.27. The van der Waals surface area contributed by atoms with E-state index in [9.17, 15) is 5.11 Å². The normalized spacial score (nSPS) is 27.5. The lowest BCUT2D eigenvalue weighted by molar-refractivity contribution is 0.145. The van der Waals surface area contributed by atoms with Crippen LogP contribution in [0.25, 0.3) is 0 Å². The highest BCUT2D eigenvalue weighted by molar-refractivity contribution is 5.26. The first kappa shape index (κ1) is 8.52. The number of allylic oxidation sites excluding steroid dienone is 1. The molecule has 1 aliphatic rings. The maximum atomic E-state index is 9.77. The summed E-state index contributed by atoms with van der Waals surface area (Å²) in [6.45, 7) is 0. The number of hydrogen-bond donors (Lipinski definition) is 1. The molecule has 0 unspecified atom stereocenters. The van der Waals surface area contributed by atoms with E-state index in [0.717, 1.165) is 12.8 Å². The van der Waals surface area contributed by atoms with Gasteiger partial charge in [0.2, 0.25) is 0 Å². The van der Waals surface area contributed by atoms with Gasteiger partial charge in [0.15, 0.2) is 0 Å². The zero-order valence-corrected chi connectivity index (χ0v) is 7.56. The van der Waals surface area contributed by atoms with Crippen molar-refractivity contribution in [3.8, 4) is 0 Å². The Kier molecular flexibility index (Phi) is 2.46. The minimum Gasteiger partial charge on any atom is -0.392 e. The van der Waals surface area contributed by atoms with Crippen molar-refractivity contribution >= 4 is 0 Å². The smallest absolute Gasteiger partial charge is 0.0646 e. The Labute approximate surface area is 78.7 Å². The first-order chi connectivity index (χ1) is 6.38. The van der Waals surface area contributed by atoms with Crippen LogP contribution < -0.4 is 0 Å². The Hall–Kier alpha value is -1.08. The third-order valence-electron chi connectivity index (χ3n) is 2.57. The summed E-state index contributed by atoms with van der Waals surface area (Å²) in [5.74, 6) is 0.204. The molecule has 13 heavy (non-hydrogen) atoms. The van der Waals surface area contributed by atoms with Crippen LogP contribution in [0.3, 0.4) is 0 Å². The number of hydrogen-bond acceptors (Lipinski definition) is 1. The Morgan fingerprint density at radius 2 is 1.92 bits per heavy atom. The van der Waals surface area contributed by atoms with Crippen LogP contribution in [0.1, 0.15) is 24.3 Å². The fourth-order valence-corrected chi connectivity index (χ4v) is 1.83. The predicted octanol–water partition coefficient (Wildman–Crippen LogP) is 2.48. The fraction of sp³-hybridized carbons (Fsp3) is 0.333. The van der Waals surface area contributed by atoms with E-state index in [1.807, 2.05) is 18.2 Å². The second-order valence-electron chi connectivity index (χ2n) is 3.51. The molecule has 0 spiro atoms. The number of aliphatic hydroxyl groups excluding tert-OH is 1. The van der Waals surface area contributed by atoms with Gasteiger partial charge in [-0.25, -0.2) is 0 Å². The highest BCUT2D eigenvalue weighted by Gasteiger charge is 2.19. The van der Waals surface area contributed by atoms with Crippen LogP contribution in [-0.2, 0) is 0 Å². The molecule has 0 aliphatic heterocycles. The minimum absolute atomic E-state index is 0.201. The lowest BCUT2D eigenvalue weighted by Gasteiger charge is -2.23. The molecule has 0 amide bonds. The van der Waals surface area contributed by atoms with E-state index in [2.05, 4.69) is 24.3 Å². The summed E-state index contributed by atoms with van der Waals surface area (Å²) in [5.41, 5.74) is 1.21. The van der Waals surface area contributed by atoms with E-state index < -0.39 is 0 Å². The van der Waals surface area contributed by atoms with Gasteiger partial charge in [0.05, 0.1) is 6.10 Å². The van der Waals surface area contributed by atoms with E-state index in [1.54, 1.807) is 0 Å². The lowest BCUT2D eigenvalue weighted by Crippen LogP contribution is -2.18. The molecule has 0 fully saturated rings. The maximum Gasteiger partial charge on any atom is 0.0646 e. The van der Waals surface area contributed by atoms with Gasteiger partial charge in [-0.15, -0.1) is 0 Å². The summed E-state index contributed by atoms with van der Waals surface area (Å²) in [5, 5.41) is 9.77. The lowest BCUT2D eigenvalue weighted by atomic mass is 9.87. The summed E-state index contributed by atoms with van der Waals surface area (Å²) >= 11 is 0. The van der Waals surface area contributed by atoms with Crippen LogP contribution >= 0.6 is 0 Å². The second kappa shape index (κ2) is 3.75. The van der Waals surface area contributed by atoms with Gasteiger partial charge in [0, 0.05) is 5.92 Å². The molecular formula is C12H14O. The van der Waals surface area contributed by atoms with Crippen molar-refractivity contribution in [1.29, 1.82) is 0 Å². The van der Waals surface area contributed by atoms with Crippen molar-refractivity contribution in [2.24, 2.45) is 0 Å². The van der Waals surface area contributed by atoms with Gasteiger partial charge in [0.1, 0.15) is 0 Å². The Morgan fingerprint density at radius 3 is 2.62 bits per heavy atom. The number of benzene rings is 1. The van der Waals surface area contributed by atoms with Crippen molar-refractivity contribution in [1.82, 2.24) is 0 Å². The van der Waals surface area contributed by atoms with Gasteiger partial charge in [-0.1, -0.05) is 42.5 Å². The Bertz CT molecular complexity index is 289. The average Bonchev–Trinajstić information content (AvgIpc) is 2.20. The molecule has 0 radical (unpaired) electrons. The van der Waals surface area contributed by atoms with Crippen molar-refractivity contribution in [2.75, 3.05) is 0 Å². The summed E-state index contributed by atoms with van der Waals surface area (Å²) in [6.07, 6.45) is 5.96. The molecule has 1 aromatic rings. The predicted molar refractivity (Wildman–Crippen MR) is 53.6 cm³/mol. The summed E-state index contributed by atoms with van der Waals surface area (Å²) in [7, 11) is 0. The van der Waals surface area contributed by atoms with Gasteiger partial charge in [-0.3, -0.25) is 0 Å². The Balaban J connectivity index is 2.25.